The summed E-state index contributed by atoms with van der Waals surface area (Å²) < 4.78 is 0. The SMILES string of the molecule is CC(C)c1ccc(N2CCNC[C@H]2C)c(CO)c1. The summed E-state index contributed by atoms with van der Waals surface area (Å²) in [6.45, 7) is 9.75. The highest BCUT2D eigenvalue weighted by molar-refractivity contribution is 5.56. The molecule has 0 aliphatic carbocycles. The largest absolute Gasteiger partial charge is 0.392 e. The Bertz CT molecular complexity index is 403. The Labute approximate surface area is 110 Å². The predicted molar refractivity (Wildman–Crippen MR) is 76.1 cm³/mol. The van der Waals surface area contributed by atoms with Gasteiger partial charge in [0.25, 0.3) is 0 Å². The molecular weight excluding hydrogens is 224 g/mol. The van der Waals surface area contributed by atoms with E-state index < -0.39 is 0 Å². The lowest BCUT2D eigenvalue weighted by Gasteiger charge is -2.37. The van der Waals surface area contributed by atoms with E-state index in [9.17, 15) is 5.11 Å². The molecule has 0 saturated carbocycles. The molecule has 0 bridgehead atoms. The zero-order chi connectivity index (χ0) is 13.1. The van der Waals surface area contributed by atoms with Crippen molar-refractivity contribution in [1.82, 2.24) is 5.32 Å². The number of nitrogens with zero attached hydrogens (tertiary/aromatic N) is 1. The van der Waals surface area contributed by atoms with Crippen molar-refractivity contribution in [1.29, 1.82) is 0 Å². The summed E-state index contributed by atoms with van der Waals surface area (Å²) in [5.74, 6) is 0.504. The maximum atomic E-state index is 9.60. The molecule has 3 nitrogen and oxygen atoms in total. The molecule has 2 N–H and O–H groups in total. The molecule has 1 fully saturated rings. The van der Waals surface area contributed by atoms with Crippen molar-refractivity contribution < 1.29 is 5.11 Å². The normalized spacial score (nSPS) is 20.5. The van der Waals surface area contributed by atoms with E-state index in [1.807, 2.05) is 0 Å². The zero-order valence-electron chi connectivity index (χ0n) is 11.6. The molecule has 0 unspecified atom stereocenters. The molecule has 1 heterocycles. The van der Waals surface area contributed by atoms with Gasteiger partial charge in [0.05, 0.1) is 6.61 Å². The molecule has 100 valence electrons. The van der Waals surface area contributed by atoms with Crippen molar-refractivity contribution in [2.24, 2.45) is 0 Å². The van der Waals surface area contributed by atoms with E-state index in [1.54, 1.807) is 0 Å². The number of hydrogen-bond acceptors (Lipinski definition) is 3. The first-order valence-electron chi connectivity index (χ1n) is 6.84. The molecule has 1 aromatic carbocycles. The van der Waals surface area contributed by atoms with Gasteiger partial charge in [-0.2, -0.15) is 0 Å². The summed E-state index contributed by atoms with van der Waals surface area (Å²) in [5.41, 5.74) is 3.54. The number of benzene rings is 1. The van der Waals surface area contributed by atoms with Crippen LogP contribution in [-0.2, 0) is 6.61 Å². The first-order valence-corrected chi connectivity index (χ1v) is 6.84. The molecule has 0 amide bonds. The van der Waals surface area contributed by atoms with E-state index in [-0.39, 0.29) is 6.61 Å². The summed E-state index contributed by atoms with van der Waals surface area (Å²) in [7, 11) is 0. The Hall–Kier alpha value is -1.06. The number of rotatable bonds is 3. The monoisotopic (exact) mass is 248 g/mol. The van der Waals surface area contributed by atoms with E-state index in [0.29, 0.717) is 12.0 Å². The van der Waals surface area contributed by atoms with Crippen molar-refractivity contribution in [3.05, 3.63) is 29.3 Å². The summed E-state index contributed by atoms with van der Waals surface area (Å²) >= 11 is 0. The first-order chi connectivity index (χ1) is 8.63. The molecular formula is C15H24N2O. The lowest BCUT2D eigenvalue weighted by atomic mass is 9.98. The van der Waals surface area contributed by atoms with Crippen molar-refractivity contribution in [3.8, 4) is 0 Å². The number of aliphatic hydroxyl groups excluding tert-OH is 1. The van der Waals surface area contributed by atoms with E-state index in [1.165, 1.54) is 11.3 Å². The second kappa shape index (κ2) is 5.72. The van der Waals surface area contributed by atoms with Crippen molar-refractivity contribution in [2.75, 3.05) is 24.5 Å². The summed E-state index contributed by atoms with van der Waals surface area (Å²) in [5, 5.41) is 13.0. The molecule has 18 heavy (non-hydrogen) atoms. The summed E-state index contributed by atoms with van der Waals surface area (Å²) in [6.07, 6.45) is 0. The van der Waals surface area contributed by atoms with E-state index in [0.717, 1.165) is 25.2 Å². The van der Waals surface area contributed by atoms with Gasteiger partial charge in [-0.05, 0) is 24.5 Å². The maximum Gasteiger partial charge on any atom is 0.0702 e. The molecule has 0 spiro atoms. The molecule has 0 aromatic heterocycles. The van der Waals surface area contributed by atoms with Gasteiger partial charge >= 0.3 is 0 Å². The molecule has 1 aliphatic heterocycles. The maximum absolute atomic E-state index is 9.60. The van der Waals surface area contributed by atoms with Crippen LogP contribution in [0.15, 0.2) is 18.2 Å². The molecule has 1 atom stereocenters. The third kappa shape index (κ3) is 2.68. The van der Waals surface area contributed by atoms with Crippen LogP contribution in [0.4, 0.5) is 5.69 Å². The average molecular weight is 248 g/mol. The zero-order valence-corrected chi connectivity index (χ0v) is 11.6. The van der Waals surface area contributed by atoms with Crippen LogP contribution < -0.4 is 10.2 Å². The Kier molecular flexibility index (Phi) is 4.25. The third-order valence-electron chi connectivity index (χ3n) is 3.75. The van der Waals surface area contributed by atoms with Gasteiger partial charge in [0, 0.05) is 36.9 Å². The van der Waals surface area contributed by atoms with Crippen LogP contribution in [0.25, 0.3) is 0 Å². The topological polar surface area (TPSA) is 35.5 Å². The van der Waals surface area contributed by atoms with Crippen molar-refractivity contribution >= 4 is 5.69 Å². The minimum atomic E-state index is 0.118. The number of aliphatic hydroxyl groups is 1. The number of piperazine rings is 1. The van der Waals surface area contributed by atoms with E-state index >= 15 is 0 Å². The quantitative estimate of drug-likeness (QED) is 0.860. The summed E-state index contributed by atoms with van der Waals surface area (Å²) in [4.78, 5) is 2.40. The van der Waals surface area contributed by atoms with Gasteiger partial charge in [-0.1, -0.05) is 26.0 Å². The van der Waals surface area contributed by atoms with Crippen LogP contribution in [0.5, 0.6) is 0 Å². The molecule has 1 aliphatic rings. The number of nitrogens with one attached hydrogen (secondary N) is 1. The minimum Gasteiger partial charge on any atom is -0.392 e. The fourth-order valence-corrected chi connectivity index (χ4v) is 2.57. The highest BCUT2D eigenvalue weighted by atomic mass is 16.3. The van der Waals surface area contributed by atoms with Gasteiger partial charge in [-0.25, -0.2) is 0 Å². The molecule has 0 radical (unpaired) electrons. The Morgan fingerprint density at radius 2 is 2.22 bits per heavy atom. The minimum absolute atomic E-state index is 0.118. The van der Waals surface area contributed by atoms with Crippen LogP contribution in [0.1, 0.15) is 37.8 Å². The average Bonchev–Trinajstić information content (AvgIpc) is 2.38. The Morgan fingerprint density at radius 1 is 1.44 bits per heavy atom. The standard InChI is InChI=1S/C15H24N2O/c1-11(2)13-4-5-15(14(8-13)10-18)17-7-6-16-9-12(17)3/h4-5,8,11-12,16,18H,6-7,9-10H2,1-3H3/t12-/m1/s1. The second-order valence-electron chi connectivity index (χ2n) is 5.45. The molecule has 1 saturated heterocycles. The van der Waals surface area contributed by atoms with E-state index in [2.05, 4.69) is 49.2 Å². The van der Waals surface area contributed by atoms with Gasteiger partial charge in [-0.3, -0.25) is 0 Å². The number of anilines is 1. The Balaban J connectivity index is 2.31. The first kappa shape index (κ1) is 13.4. The summed E-state index contributed by atoms with van der Waals surface area (Å²) in [6, 6.07) is 6.99. The van der Waals surface area contributed by atoms with Gasteiger partial charge in [-0.15, -0.1) is 0 Å². The fraction of sp³-hybridized carbons (Fsp3) is 0.600. The lowest BCUT2D eigenvalue weighted by Crippen LogP contribution is -2.50. The smallest absolute Gasteiger partial charge is 0.0702 e. The van der Waals surface area contributed by atoms with Gasteiger partial charge in [0.1, 0.15) is 0 Å². The molecule has 2 rings (SSSR count). The van der Waals surface area contributed by atoms with Crippen LogP contribution in [0.2, 0.25) is 0 Å². The molecule has 1 aromatic rings. The second-order valence-corrected chi connectivity index (χ2v) is 5.45. The van der Waals surface area contributed by atoms with Gasteiger partial charge in [0.15, 0.2) is 0 Å². The van der Waals surface area contributed by atoms with Crippen LogP contribution in [0.3, 0.4) is 0 Å². The van der Waals surface area contributed by atoms with Gasteiger partial charge < -0.3 is 15.3 Å². The van der Waals surface area contributed by atoms with Crippen LogP contribution in [0, 0.1) is 0 Å². The fourth-order valence-electron chi connectivity index (χ4n) is 2.57. The molecule has 3 heteroatoms. The number of hydrogen-bond donors (Lipinski definition) is 2. The predicted octanol–water partition coefficient (Wildman–Crippen LogP) is 2.10. The lowest BCUT2D eigenvalue weighted by molar-refractivity contribution is 0.281. The highest BCUT2D eigenvalue weighted by Crippen LogP contribution is 2.27. The van der Waals surface area contributed by atoms with Gasteiger partial charge in [0.2, 0.25) is 0 Å². The Morgan fingerprint density at radius 3 is 2.83 bits per heavy atom. The third-order valence-corrected chi connectivity index (χ3v) is 3.75. The van der Waals surface area contributed by atoms with Crippen molar-refractivity contribution in [3.63, 3.8) is 0 Å². The van der Waals surface area contributed by atoms with Crippen LogP contribution >= 0.6 is 0 Å². The van der Waals surface area contributed by atoms with Crippen molar-refractivity contribution in [2.45, 2.75) is 39.3 Å². The highest BCUT2D eigenvalue weighted by Gasteiger charge is 2.20. The van der Waals surface area contributed by atoms with Crippen LogP contribution in [-0.4, -0.2) is 30.8 Å². The van der Waals surface area contributed by atoms with E-state index in [4.69, 9.17) is 0 Å².